The van der Waals surface area contributed by atoms with Gasteiger partial charge in [-0.2, -0.15) is 0 Å². The van der Waals surface area contributed by atoms with Gasteiger partial charge in [0.2, 0.25) is 12.1 Å². The molecule has 32 heavy (non-hydrogen) atoms. The van der Waals surface area contributed by atoms with Crippen molar-refractivity contribution in [1.29, 1.82) is 0 Å². The molecule has 1 saturated carbocycles. The molecule has 0 amide bonds. The number of ether oxygens (including phenoxy) is 3. The van der Waals surface area contributed by atoms with Gasteiger partial charge >= 0.3 is 0 Å². The molecule has 11 nitrogen and oxygen atoms in total. The van der Waals surface area contributed by atoms with Gasteiger partial charge in [-0.15, -0.1) is 0 Å². The summed E-state index contributed by atoms with van der Waals surface area (Å²) in [7, 11) is 3.29. The van der Waals surface area contributed by atoms with E-state index in [1.54, 1.807) is 33.4 Å². The van der Waals surface area contributed by atoms with Crippen LogP contribution in [-0.2, 0) is 20.8 Å². The highest BCUT2D eigenvalue weighted by Crippen LogP contribution is 2.46. The van der Waals surface area contributed by atoms with Gasteiger partial charge in [-0.1, -0.05) is 0 Å². The van der Waals surface area contributed by atoms with Gasteiger partial charge in [-0.05, 0) is 38.7 Å². The van der Waals surface area contributed by atoms with Crippen molar-refractivity contribution in [2.24, 2.45) is 0 Å². The van der Waals surface area contributed by atoms with Crippen LogP contribution in [0.2, 0.25) is 0 Å². The highest BCUT2D eigenvalue weighted by atomic mass is 16.8. The minimum Gasteiger partial charge on any atom is -0.390 e. The fourth-order valence-electron chi connectivity index (χ4n) is 5.14. The summed E-state index contributed by atoms with van der Waals surface area (Å²) in [4.78, 5) is 3.99. The van der Waals surface area contributed by atoms with Crippen molar-refractivity contribution in [3.63, 3.8) is 0 Å². The molecule has 11 heteroatoms. The van der Waals surface area contributed by atoms with E-state index in [0.29, 0.717) is 6.54 Å². The van der Waals surface area contributed by atoms with Crippen LogP contribution in [0.4, 0.5) is 0 Å². The molecule has 0 spiro atoms. The molecule has 3 heterocycles. The van der Waals surface area contributed by atoms with Crippen LogP contribution in [-0.4, -0.2) is 106 Å². The maximum Gasteiger partial charge on any atom is 0.249 e. The van der Waals surface area contributed by atoms with Gasteiger partial charge in [0.1, 0.15) is 23.9 Å². The minimum atomic E-state index is -2.22. The highest BCUT2D eigenvalue weighted by molar-refractivity contribution is 5.13. The molecule has 2 unspecified atom stereocenters. The molecule has 0 radical (unpaired) electrons. The minimum absolute atomic E-state index is 0.00520. The van der Waals surface area contributed by atoms with Gasteiger partial charge in [0.05, 0.1) is 24.3 Å². The monoisotopic (exact) mass is 454 g/mol. The molecule has 3 aliphatic rings. The van der Waals surface area contributed by atoms with Crippen LogP contribution in [0.15, 0.2) is 24.5 Å². The predicted molar refractivity (Wildman–Crippen MR) is 112 cm³/mol. The van der Waals surface area contributed by atoms with Crippen LogP contribution in [0.25, 0.3) is 0 Å². The summed E-state index contributed by atoms with van der Waals surface area (Å²) in [5.41, 5.74) is -0.776. The van der Waals surface area contributed by atoms with Crippen LogP contribution in [0.3, 0.4) is 0 Å². The highest BCUT2D eigenvalue weighted by Gasteiger charge is 2.68. The number of hydrogen-bond acceptors (Lipinski definition) is 11. The van der Waals surface area contributed by atoms with Gasteiger partial charge < -0.3 is 50.6 Å². The Kier molecular flexibility index (Phi) is 6.86. The Bertz CT molecular complexity index is 776. The standard InChI is InChI=1S/C21H34N4O7/c1-11-8-20(28,10-25-9-12-4-6-24-7-5-12)21(29)19(30-11)31-18-16(27)13(22-2)15(26)14(23-3)17(18)32-21/h4-7,11,13-19,22-23,25-29H,8-10H2,1-3H3/t11-,13-,14+,15+,16+,17-,18?,19?,20-,21-/m1/s1. The van der Waals surface area contributed by atoms with Gasteiger partial charge in [-0.25, -0.2) is 0 Å². The number of nitrogens with one attached hydrogen (secondary N) is 3. The summed E-state index contributed by atoms with van der Waals surface area (Å²) in [5, 5.41) is 53.8. The summed E-state index contributed by atoms with van der Waals surface area (Å²) in [6.45, 7) is 2.23. The van der Waals surface area contributed by atoms with E-state index in [4.69, 9.17) is 14.2 Å². The first-order valence-corrected chi connectivity index (χ1v) is 11.0. The smallest absolute Gasteiger partial charge is 0.249 e. The second-order valence-corrected chi connectivity index (χ2v) is 8.96. The van der Waals surface area contributed by atoms with E-state index in [-0.39, 0.29) is 13.0 Å². The lowest BCUT2D eigenvalue weighted by Gasteiger charge is -2.60. The normalized spacial score (nSPS) is 46.3. The third-order valence-electron chi connectivity index (χ3n) is 6.84. The number of likely N-dealkylation sites (N-methyl/N-ethyl adjacent to an activating group) is 2. The van der Waals surface area contributed by atoms with Crippen molar-refractivity contribution in [1.82, 2.24) is 20.9 Å². The van der Waals surface area contributed by atoms with Crippen LogP contribution < -0.4 is 16.0 Å². The van der Waals surface area contributed by atoms with Crippen LogP contribution in [0, 0.1) is 0 Å². The zero-order valence-electron chi connectivity index (χ0n) is 18.5. The lowest BCUT2D eigenvalue weighted by molar-refractivity contribution is -0.482. The molecule has 7 N–H and O–H groups in total. The summed E-state index contributed by atoms with van der Waals surface area (Å²) in [5.74, 6) is -2.22. The van der Waals surface area contributed by atoms with Crippen LogP contribution >= 0.6 is 0 Å². The summed E-state index contributed by atoms with van der Waals surface area (Å²) in [6.07, 6.45) is -2.25. The Morgan fingerprint density at radius 1 is 1.03 bits per heavy atom. The number of pyridine rings is 1. The van der Waals surface area contributed by atoms with Crippen molar-refractivity contribution in [3.8, 4) is 0 Å². The molecule has 180 valence electrons. The Hall–Kier alpha value is -1.25. The first-order chi connectivity index (χ1) is 15.2. The Morgan fingerprint density at radius 3 is 2.38 bits per heavy atom. The largest absolute Gasteiger partial charge is 0.390 e. The van der Waals surface area contributed by atoms with E-state index in [1.165, 1.54) is 0 Å². The second-order valence-electron chi connectivity index (χ2n) is 8.96. The van der Waals surface area contributed by atoms with Gasteiger partial charge in [0, 0.05) is 31.9 Å². The van der Waals surface area contributed by atoms with E-state index in [9.17, 15) is 20.4 Å². The molecule has 0 bridgehead atoms. The fourth-order valence-corrected chi connectivity index (χ4v) is 5.14. The molecule has 0 aromatic carbocycles. The zero-order chi connectivity index (χ0) is 23.1. The molecule has 3 fully saturated rings. The zero-order valence-corrected chi connectivity index (χ0v) is 18.5. The van der Waals surface area contributed by atoms with E-state index in [2.05, 4.69) is 20.9 Å². The van der Waals surface area contributed by atoms with Gasteiger partial charge in [0.25, 0.3) is 0 Å². The van der Waals surface area contributed by atoms with Crippen molar-refractivity contribution < 1.29 is 34.6 Å². The lowest BCUT2D eigenvalue weighted by atomic mass is 9.77. The molecular weight excluding hydrogens is 420 g/mol. The molecule has 1 aliphatic carbocycles. The number of fused-ring (bicyclic) bond motifs is 2. The molecule has 4 rings (SSSR count). The first-order valence-electron chi connectivity index (χ1n) is 11.0. The molecule has 2 saturated heterocycles. The van der Waals surface area contributed by atoms with E-state index < -0.39 is 60.3 Å². The molecule has 2 aliphatic heterocycles. The third kappa shape index (κ3) is 3.96. The average molecular weight is 455 g/mol. The first kappa shape index (κ1) is 23.9. The van der Waals surface area contributed by atoms with E-state index >= 15 is 0 Å². The van der Waals surface area contributed by atoms with Crippen molar-refractivity contribution in [2.45, 2.75) is 80.2 Å². The number of hydrogen-bond donors (Lipinski definition) is 7. The Morgan fingerprint density at radius 2 is 1.72 bits per heavy atom. The van der Waals surface area contributed by atoms with Crippen molar-refractivity contribution in [2.75, 3.05) is 20.6 Å². The van der Waals surface area contributed by atoms with E-state index in [0.717, 1.165) is 5.56 Å². The van der Waals surface area contributed by atoms with Crippen molar-refractivity contribution in [3.05, 3.63) is 30.1 Å². The number of aromatic nitrogens is 1. The summed E-state index contributed by atoms with van der Waals surface area (Å²) < 4.78 is 17.9. The average Bonchev–Trinajstić information content (AvgIpc) is 2.75. The Labute approximate surface area is 187 Å². The van der Waals surface area contributed by atoms with Gasteiger partial charge in [0.15, 0.2) is 0 Å². The quantitative estimate of drug-likeness (QED) is 0.242. The van der Waals surface area contributed by atoms with Crippen LogP contribution in [0.1, 0.15) is 18.9 Å². The lowest BCUT2D eigenvalue weighted by Crippen LogP contribution is -2.81. The molecule has 1 aromatic heterocycles. The summed E-state index contributed by atoms with van der Waals surface area (Å²) in [6, 6.07) is 2.36. The Balaban J connectivity index is 1.57. The SMILES string of the molecule is CN[C@@H]1[C@H](O)[C@H](NC)[C@H]2O[C@]3(O)C(OC2[C@H]1O)O[C@H](C)C[C@@]3(O)CNCc1ccncc1. The molecular formula is C21H34N4O7. The number of aliphatic hydroxyl groups excluding tert-OH is 2. The maximum absolute atomic E-state index is 11.6. The number of nitrogens with zero attached hydrogens (tertiary/aromatic N) is 1. The number of aliphatic hydroxyl groups is 4. The number of rotatable bonds is 6. The molecule has 10 atom stereocenters. The maximum atomic E-state index is 11.6. The summed E-state index contributed by atoms with van der Waals surface area (Å²) >= 11 is 0. The third-order valence-corrected chi connectivity index (χ3v) is 6.84. The van der Waals surface area contributed by atoms with E-state index in [1.807, 2.05) is 12.1 Å². The second kappa shape index (κ2) is 9.18. The van der Waals surface area contributed by atoms with Crippen LogP contribution in [0.5, 0.6) is 0 Å². The molecule has 1 aromatic rings. The fraction of sp³-hybridized carbons (Fsp3) is 0.762. The predicted octanol–water partition coefficient (Wildman–Crippen LogP) is -2.58. The van der Waals surface area contributed by atoms with Gasteiger partial charge in [-0.3, -0.25) is 4.98 Å². The topological polar surface area (TPSA) is 158 Å². The van der Waals surface area contributed by atoms with Crippen molar-refractivity contribution >= 4 is 0 Å².